The topological polar surface area (TPSA) is 119 Å². The Labute approximate surface area is 220 Å². The van der Waals surface area contributed by atoms with Crippen molar-refractivity contribution in [1.29, 1.82) is 0 Å². The van der Waals surface area contributed by atoms with Crippen molar-refractivity contribution in [2.24, 2.45) is 34.0 Å². The SMILES string of the molecule is CC(=O)OC[C@]1(O)CC[C@H]2[C@@]3(C)CCCC(C)(C)[C@@H]3CC[C@@]2(C)[C@H]1C[C@@H](O)C1=CC(=O)O[C@H]1OC(C)=O. The molecule has 0 aromatic heterocycles. The van der Waals surface area contributed by atoms with Crippen LogP contribution in [0.2, 0.25) is 0 Å². The maximum absolute atomic E-state index is 12.0. The van der Waals surface area contributed by atoms with E-state index >= 15 is 0 Å². The van der Waals surface area contributed by atoms with Crippen LogP contribution in [0, 0.1) is 34.0 Å². The average molecular weight is 521 g/mol. The summed E-state index contributed by atoms with van der Waals surface area (Å²) in [4.78, 5) is 35.3. The number of carbonyl (C=O) groups excluding carboxylic acids is 3. The minimum atomic E-state index is -1.33. The molecular formula is C29H44O8. The maximum Gasteiger partial charge on any atom is 0.334 e. The number of hydrogen-bond donors (Lipinski definition) is 2. The van der Waals surface area contributed by atoms with Crippen molar-refractivity contribution < 1.29 is 38.8 Å². The molecule has 0 saturated heterocycles. The highest BCUT2D eigenvalue weighted by Gasteiger charge is 2.65. The summed E-state index contributed by atoms with van der Waals surface area (Å²) >= 11 is 0. The van der Waals surface area contributed by atoms with Crippen molar-refractivity contribution in [3.05, 3.63) is 11.6 Å². The van der Waals surface area contributed by atoms with Gasteiger partial charge in [-0.1, -0.05) is 34.1 Å². The average Bonchev–Trinajstić information content (AvgIpc) is 3.13. The summed E-state index contributed by atoms with van der Waals surface area (Å²) in [5.74, 6) is -1.27. The molecule has 0 aromatic rings. The zero-order chi connectivity index (χ0) is 27.4. The van der Waals surface area contributed by atoms with E-state index in [0.717, 1.165) is 25.7 Å². The van der Waals surface area contributed by atoms with Crippen molar-refractivity contribution in [2.75, 3.05) is 6.61 Å². The van der Waals surface area contributed by atoms with Gasteiger partial charge in [0.05, 0.1) is 6.10 Å². The summed E-state index contributed by atoms with van der Waals surface area (Å²) in [5, 5.41) is 23.4. The van der Waals surface area contributed by atoms with Gasteiger partial charge in [0.1, 0.15) is 12.2 Å². The van der Waals surface area contributed by atoms with E-state index in [0.29, 0.717) is 18.3 Å². The molecule has 3 fully saturated rings. The summed E-state index contributed by atoms with van der Waals surface area (Å²) < 4.78 is 15.6. The van der Waals surface area contributed by atoms with Gasteiger partial charge in [0.2, 0.25) is 0 Å². The van der Waals surface area contributed by atoms with E-state index in [1.54, 1.807) is 0 Å². The van der Waals surface area contributed by atoms with Gasteiger partial charge in [0.15, 0.2) is 0 Å². The fourth-order valence-corrected chi connectivity index (χ4v) is 9.10. The summed E-state index contributed by atoms with van der Waals surface area (Å²) in [5.41, 5.74) is -1.12. The van der Waals surface area contributed by atoms with Gasteiger partial charge in [-0.2, -0.15) is 0 Å². The van der Waals surface area contributed by atoms with Gasteiger partial charge in [-0.05, 0) is 78.9 Å². The fourth-order valence-electron chi connectivity index (χ4n) is 9.10. The Morgan fingerprint density at radius 2 is 1.70 bits per heavy atom. The third-order valence-corrected chi connectivity index (χ3v) is 10.6. The Kier molecular flexibility index (Phi) is 7.34. The van der Waals surface area contributed by atoms with Crippen molar-refractivity contribution >= 4 is 17.9 Å². The molecule has 8 heteroatoms. The number of hydrogen-bond acceptors (Lipinski definition) is 8. The van der Waals surface area contributed by atoms with Crippen molar-refractivity contribution in [1.82, 2.24) is 0 Å². The lowest BCUT2D eigenvalue weighted by Gasteiger charge is -2.68. The van der Waals surface area contributed by atoms with E-state index in [4.69, 9.17) is 14.2 Å². The van der Waals surface area contributed by atoms with Crippen LogP contribution >= 0.6 is 0 Å². The molecule has 1 aliphatic heterocycles. The van der Waals surface area contributed by atoms with E-state index in [2.05, 4.69) is 27.7 Å². The van der Waals surface area contributed by atoms with Crippen molar-refractivity contribution in [2.45, 2.75) is 111 Å². The highest BCUT2D eigenvalue weighted by atomic mass is 16.7. The molecule has 0 radical (unpaired) electrons. The smallest absolute Gasteiger partial charge is 0.334 e. The third-order valence-electron chi connectivity index (χ3n) is 10.6. The molecule has 1 heterocycles. The van der Waals surface area contributed by atoms with Crippen LogP contribution in [0.4, 0.5) is 0 Å². The molecular weight excluding hydrogens is 476 g/mol. The molecule has 37 heavy (non-hydrogen) atoms. The number of cyclic esters (lactones) is 1. The molecule has 0 spiro atoms. The molecule has 4 aliphatic rings. The second-order valence-corrected chi connectivity index (χ2v) is 13.2. The molecule has 0 amide bonds. The number of esters is 3. The molecule has 8 atom stereocenters. The Balaban J connectivity index is 1.69. The van der Waals surface area contributed by atoms with Crippen LogP contribution in [-0.2, 0) is 28.6 Å². The number of aliphatic hydroxyl groups is 2. The highest BCUT2D eigenvalue weighted by Crippen LogP contribution is 2.70. The van der Waals surface area contributed by atoms with Crippen molar-refractivity contribution in [3.8, 4) is 0 Å². The van der Waals surface area contributed by atoms with E-state index < -0.39 is 41.8 Å². The van der Waals surface area contributed by atoms with Crippen LogP contribution in [0.3, 0.4) is 0 Å². The quantitative estimate of drug-likeness (QED) is 0.503. The molecule has 2 N–H and O–H groups in total. The van der Waals surface area contributed by atoms with E-state index in [1.165, 1.54) is 32.8 Å². The molecule has 0 bridgehead atoms. The van der Waals surface area contributed by atoms with Gasteiger partial charge in [-0.25, -0.2) is 4.79 Å². The molecule has 3 aliphatic carbocycles. The Hall–Kier alpha value is -1.93. The maximum atomic E-state index is 12.0. The molecule has 0 unspecified atom stereocenters. The third kappa shape index (κ3) is 4.96. The molecule has 208 valence electrons. The lowest BCUT2D eigenvalue weighted by Crippen LogP contribution is -2.64. The number of ether oxygens (including phenoxy) is 3. The summed E-state index contributed by atoms with van der Waals surface area (Å²) in [7, 11) is 0. The lowest BCUT2D eigenvalue weighted by molar-refractivity contribution is -0.231. The Morgan fingerprint density at radius 1 is 1.03 bits per heavy atom. The lowest BCUT2D eigenvalue weighted by atomic mass is 9.38. The zero-order valence-electron chi connectivity index (χ0n) is 23.2. The molecule has 4 rings (SSSR count). The van der Waals surface area contributed by atoms with Gasteiger partial charge in [0, 0.05) is 25.5 Å². The van der Waals surface area contributed by atoms with Gasteiger partial charge in [0.25, 0.3) is 6.29 Å². The first kappa shape index (κ1) is 28.1. The van der Waals surface area contributed by atoms with Crippen LogP contribution in [0.5, 0.6) is 0 Å². The van der Waals surface area contributed by atoms with Gasteiger partial charge in [-0.15, -0.1) is 0 Å². The second-order valence-electron chi connectivity index (χ2n) is 13.2. The highest BCUT2D eigenvalue weighted by molar-refractivity contribution is 5.86. The largest absolute Gasteiger partial charge is 0.463 e. The summed E-state index contributed by atoms with van der Waals surface area (Å²) in [6.07, 6.45) is 5.60. The Bertz CT molecular complexity index is 971. The number of rotatable bonds is 6. The molecule has 0 aromatic carbocycles. The minimum absolute atomic E-state index is 0.104. The predicted octanol–water partition coefficient (Wildman–Crippen LogP) is 4.06. The van der Waals surface area contributed by atoms with E-state index in [1.807, 2.05) is 0 Å². The number of carbonyl (C=O) groups is 3. The minimum Gasteiger partial charge on any atom is -0.463 e. The van der Waals surface area contributed by atoms with Gasteiger partial charge < -0.3 is 24.4 Å². The van der Waals surface area contributed by atoms with Crippen LogP contribution in [0.1, 0.15) is 92.9 Å². The second kappa shape index (κ2) is 9.67. The normalized spacial score (nSPS) is 41.5. The fraction of sp³-hybridized carbons (Fsp3) is 0.828. The zero-order valence-corrected chi connectivity index (χ0v) is 23.2. The Morgan fingerprint density at radius 3 is 2.35 bits per heavy atom. The molecule has 3 saturated carbocycles. The first-order valence-electron chi connectivity index (χ1n) is 13.8. The van der Waals surface area contributed by atoms with Crippen LogP contribution in [0.15, 0.2) is 11.6 Å². The first-order chi connectivity index (χ1) is 17.1. The van der Waals surface area contributed by atoms with Crippen molar-refractivity contribution in [3.63, 3.8) is 0 Å². The van der Waals surface area contributed by atoms with Crippen LogP contribution < -0.4 is 0 Å². The van der Waals surface area contributed by atoms with E-state index in [-0.39, 0.29) is 34.8 Å². The summed E-state index contributed by atoms with van der Waals surface area (Å²) in [6, 6.07) is 0. The van der Waals surface area contributed by atoms with Gasteiger partial charge in [-0.3, -0.25) is 9.59 Å². The first-order valence-corrected chi connectivity index (χ1v) is 13.8. The number of fused-ring (bicyclic) bond motifs is 3. The predicted molar refractivity (Wildman–Crippen MR) is 135 cm³/mol. The molecule has 8 nitrogen and oxygen atoms in total. The monoisotopic (exact) mass is 520 g/mol. The van der Waals surface area contributed by atoms with E-state index in [9.17, 15) is 24.6 Å². The van der Waals surface area contributed by atoms with Gasteiger partial charge >= 0.3 is 17.9 Å². The number of aliphatic hydroxyl groups excluding tert-OH is 1. The summed E-state index contributed by atoms with van der Waals surface area (Å²) in [6.45, 7) is 11.8. The van der Waals surface area contributed by atoms with Crippen LogP contribution in [-0.4, -0.2) is 52.7 Å². The van der Waals surface area contributed by atoms with Crippen LogP contribution in [0.25, 0.3) is 0 Å². The standard InChI is InChI=1S/C29H44O8/c1-17(30)35-16-29(34)13-9-22-27(5)11-7-10-26(3,4)21(27)8-12-28(22,6)23(29)15-20(32)19-14-24(33)37-25(19)36-18(2)31/h14,20-23,25,32,34H,7-13,15-16H2,1-6H3/t20-,21+,22+,23-,25-,27+,28-,29-/m1/s1.